The van der Waals surface area contributed by atoms with Crippen LogP contribution in [0.4, 0.5) is 19.0 Å². The summed E-state index contributed by atoms with van der Waals surface area (Å²) in [4.78, 5) is 6.44. The molecule has 0 aliphatic heterocycles. The maximum atomic E-state index is 12.6. The molecule has 8 heteroatoms. The van der Waals surface area contributed by atoms with Crippen molar-refractivity contribution in [1.82, 2.24) is 9.97 Å². The van der Waals surface area contributed by atoms with Gasteiger partial charge in [0.15, 0.2) is 0 Å². The van der Waals surface area contributed by atoms with Crippen LogP contribution in [0.25, 0.3) is 0 Å². The largest absolute Gasteiger partial charge is 0.451 e. The van der Waals surface area contributed by atoms with Crippen LogP contribution in [0.2, 0.25) is 0 Å². The lowest BCUT2D eigenvalue weighted by Crippen LogP contribution is -2.12. The van der Waals surface area contributed by atoms with Gasteiger partial charge >= 0.3 is 6.18 Å². The molecule has 4 nitrogen and oxygen atoms in total. The Labute approximate surface area is 120 Å². The number of halogens is 4. The van der Waals surface area contributed by atoms with E-state index in [2.05, 4.69) is 25.9 Å². The fourth-order valence-electron chi connectivity index (χ4n) is 1.42. The maximum absolute atomic E-state index is 12.6. The van der Waals surface area contributed by atoms with Crippen LogP contribution in [-0.4, -0.2) is 9.97 Å². The van der Waals surface area contributed by atoms with Gasteiger partial charge in [-0.3, -0.25) is 0 Å². The van der Waals surface area contributed by atoms with Gasteiger partial charge < -0.3 is 10.5 Å². The SMILES string of the molecule is Cc1ccc(Oc2cc(N)nc(C(F)(F)F)n2)c(Br)c1. The highest BCUT2D eigenvalue weighted by atomic mass is 79.9. The topological polar surface area (TPSA) is 61.0 Å². The summed E-state index contributed by atoms with van der Waals surface area (Å²) in [5.41, 5.74) is 6.30. The van der Waals surface area contributed by atoms with Crippen LogP contribution in [0.1, 0.15) is 11.4 Å². The minimum Gasteiger partial charge on any atom is -0.438 e. The summed E-state index contributed by atoms with van der Waals surface area (Å²) in [5.74, 6) is -1.59. The maximum Gasteiger partial charge on any atom is 0.451 e. The van der Waals surface area contributed by atoms with Crippen LogP contribution >= 0.6 is 15.9 Å². The lowest BCUT2D eigenvalue weighted by Gasteiger charge is -2.10. The van der Waals surface area contributed by atoms with Gasteiger partial charge in [0.05, 0.1) is 4.47 Å². The average molecular weight is 348 g/mol. The second-order valence-electron chi connectivity index (χ2n) is 3.99. The van der Waals surface area contributed by atoms with E-state index in [0.717, 1.165) is 11.6 Å². The zero-order valence-corrected chi connectivity index (χ0v) is 11.8. The summed E-state index contributed by atoms with van der Waals surface area (Å²) in [7, 11) is 0. The molecular weight excluding hydrogens is 339 g/mol. The molecule has 0 spiro atoms. The molecule has 2 rings (SSSR count). The molecule has 106 valence electrons. The Hall–Kier alpha value is -1.83. The van der Waals surface area contributed by atoms with Gasteiger partial charge in [-0.05, 0) is 40.5 Å². The number of hydrogen-bond acceptors (Lipinski definition) is 4. The van der Waals surface area contributed by atoms with Crippen LogP contribution in [0.15, 0.2) is 28.7 Å². The van der Waals surface area contributed by atoms with Crippen molar-refractivity contribution in [2.75, 3.05) is 5.73 Å². The van der Waals surface area contributed by atoms with Crippen molar-refractivity contribution >= 4 is 21.7 Å². The van der Waals surface area contributed by atoms with Gasteiger partial charge in [0.1, 0.15) is 11.6 Å². The summed E-state index contributed by atoms with van der Waals surface area (Å²) in [6, 6.07) is 6.27. The first-order valence-corrected chi connectivity index (χ1v) is 6.21. The number of aryl methyl sites for hydroxylation is 1. The molecule has 1 heterocycles. The molecule has 20 heavy (non-hydrogen) atoms. The van der Waals surface area contributed by atoms with E-state index in [1.54, 1.807) is 18.2 Å². The molecule has 2 aromatic rings. The van der Waals surface area contributed by atoms with Crippen LogP contribution in [-0.2, 0) is 6.18 Å². The first-order chi connectivity index (χ1) is 9.25. The van der Waals surface area contributed by atoms with Gasteiger partial charge in [-0.2, -0.15) is 18.2 Å². The number of alkyl halides is 3. The number of anilines is 1. The third-order valence-electron chi connectivity index (χ3n) is 2.28. The van der Waals surface area contributed by atoms with Gasteiger partial charge in [-0.25, -0.2) is 4.98 Å². The van der Waals surface area contributed by atoms with Gasteiger partial charge in [-0.1, -0.05) is 6.07 Å². The number of benzene rings is 1. The summed E-state index contributed by atoms with van der Waals surface area (Å²) >= 11 is 3.26. The first kappa shape index (κ1) is 14.6. The van der Waals surface area contributed by atoms with E-state index in [9.17, 15) is 13.2 Å². The van der Waals surface area contributed by atoms with E-state index in [1.165, 1.54) is 0 Å². The zero-order valence-electron chi connectivity index (χ0n) is 10.2. The number of nitrogen functional groups attached to an aromatic ring is 1. The summed E-state index contributed by atoms with van der Waals surface area (Å²) in [6.45, 7) is 1.87. The Kier molecular flexibility index (Phi) is 3.85. The normalized spacial score (nSPS) is 11.4. The number of nitrogens with zero attached hydrogens (tertiary/aromatic N) is 2. The Morgan fingerprint density at radius 3 is 2.50 bits per heavy atom. The predicted octanol–water partition coefficient (Wildman–Crippen LogP) is 3.94. The molecular formula is C12H9BrF3N3O. The van der Waals surface area contributed by atoms with Crippen molar-refractivity contribution in [3.05, 3.63) is 40.1 Å². The van der Waals surface area contributed by atoms with Crippen molar-refractivity contribution < 1.29 is 17.9 Å². The molecule has 1 aromatic carbocycles. The lowest BCUT2D eigenvalue weighted by atomic mass is 10.2. The van der Waals surface area contributed by atoms with E-state index in [0.29, 0.717) is 10.2 Å². The van der Waals surface area contributed by atoms with Gasteiger partial charge in [0.25, 0.3) is 0 Å². The third-order valence-corrected chi connectivity index (χ3v) is 2.90. The van der Waals surface area contributed by atoms with Crippen LogP contribution < -0.4 is 10.5 Å². The van der Waals surface area contributed by atoms with Crippen molar-refractivity contribution in [2.24, 2.45) is 0 Å². The number of hydrogen-bond donors (Lipinski definition) is 1. The molecule has 0 saturated carbocycles. The van der Waals surface area contributed by atoms with Gasteiger partial charge in [0, 0.05) is 6.07 Å². The van der Waals surface area contributed by atoms with Crippen molar-refractivity contribution in [3.63, 3.8) is 0 Å². The Morgan fingerprint density at radius 2 is 1.90 bits per heavy atom. The average Bonchev–Trinajstić information content (AvgIpc) is 2.31. The first-order valence-electron chi connectivity index (χ1n) is 5.41. The van der Waals surface area contributed by atoms with Crippen LogP contribution in [0.5, 0.6) is 11.6 Å². The Bertz CT molecular complexity index is 646. The van der Waals surface area contributed by atoms with Gasteiger partial charge in [0.2, 0.25) is 11.7 Å². The highest BCUT2D eigenvalue weighted by molar-refractivity contribution is 9.10. The molecule has 0 atom stereocenters. The molecule has 0 fully saturated rings. The minimum atomic E-state index is -4.68. The summed E-state index contributed by atoms with van der Waals surface area (Å²) < 4.78 is 43.6. The molecule has 0 unspecified atom stereocenters. The zero-order chi connectivity index (χ0) is 14.9. The Morgan fingerprint density at radius 1 is 1.20 bits per heavy atom. The second-order valence-corrected chi connectivity index (χ2v) is 4.84. The minimum absolute atomic E-state index is 0.269. The fraction of sp³-hybridized carbons (Fsp3) is 0.167. The van der Waals surface area contributed by atoms with E-state index in [4.69, 9.17) is 10.5 Å². The highest BCUT2D eigenvalue weighted by Crippen LogP contribution is 2.32. The number of nitrogens with two attached hydrogens (primary N) is 1. The Balaban J connectivity index is 2.36. The predicted molar refractivity (Wildman–Crippen MR) is 70.4 cm³/mol. The molecule has 0 bridgehead atoms. The third kappa shape index (κ3) is 3.38. The quantitative estimate of drug-likeness (QED) is 0.893. The second kappa shape index (κ2) is 5.28. The van der Waals surface area contributed by atoms with Crippen molar-refractivity contribution in [3.8, 4) is 11.6 Å². The fourth-order valence-corrected chi connectivity index (χ4v) is 2.00. The molecule has 0 amide bonds. The summed E-state index contributed by atoms with van der Waals surface area (Å²) in [6.07, 6.45) is -4.68. The van der Waals surface area contributed by atoms with Gasteiger partial charge in [-0.15, -0.1) is 0 Å². The number of aromatic nitrogens is 2. The van der Waals surface area contributed by atoms with Crippen LogP contribution in [0, 0.1) is 6.92 Å². The summed E-state index contributed by atoms with van der Waals surface area (Å²) in [5, 5.41) is 0. The van der Waals surface area contributed by atoms with Crippen molar-refractivity contribution in [2.45, 2.75) is 13.1 Å². The highest BCUT2D eigenvalue weighted by Gasteiger charge is 2.35. The van der Waals surface area contributed by atoms with E-state index < -0.39 is 12.0 Å². The van der Waals surface area contributed by atoms with E-state index in [-0.39, 0.29) is 11.7 Å². The monoisotopic (exact) mass is 347 g/mol. The molecule has 2 N–H and O–H groups in total. The molecule has 0 aliphatic rings. The van der Waals surface area contributed by atoms with Crippen molar-refractivity contribution in [1.29, 1.82) is 0 Å². The molecule has 0 aliphatic carbocycles. The molecule has 1 aromatic heterocycles. The standard InChI is InChI=1S/C12H9BrF3N3O/c1-6-2-3-8(7(13)4-6)20-10-5-9(17)18-11(19-10)12(14,15)16/h2-5H,1H3,(H2,17,18,19). The lowest BCUT2D eigenvalue weighted by molar-refractivity contribution is -0.145. The smallest absolute Gasteiger partial charge is 0.438 e. The number of rotatable bonds is 2. The molecule has 0 radical (unpaired) electrons. The number of ether oxygens (including phenoxy) is 1. The van der Waals surface area contributed by atoms with E-state index in [1.807, 2.05) is 6.92 Å². The van der Waals surface area contributed by atoms with Crippen LogP contribution in [0.3, 0.4) is 0 Å². The molecule has 0 saturated heterocycles. The van der Waals surface area contributed by atoms with E-state index >= 15 is 0 Å².